The first-order valence-corrected chi connectivity index (χ1v) is 13.2. The first-order valence-electron chi connectivity index (χ1n) is 13.2. The van der Waals surface area contributed by atoms with Crippen molar-refractivity contribution in [3.8, 4) is 45.6 Å². The van der Waals surface area contributed by atoms with E-state index in [4.69, 9.17) is 28.4 Å². The Labute approximate surface area is 254 Å². The van der Waals surface area contributed by atoms with Crippen molar-refractivity contribution in [1.29, 1.82) is 0 Å². The van der Waals surface area contributed by atoms with Crippen molar-refractivity contribution in [3.05, 3.63) is 95.1 Å². The molecule has 0 unspecified atom stereocenters. The number of rotatable bonds is 13. The molecule has 4 aromatic rings. The van der Waals surface area contributed by atoms with Gasteiger partial charge in [-0.1, -0.05) is 12.1 Å². The molecular formula is C34H30O10. The fraction of sp³-hybridized carbons (Fsp3) is 0.176. The first-order chi connectivity index (χ1) is 21.2. The van der Waals surface area contributed by atoms with Gasteiger partial charge in [-0.05, 0) is 60.7 Å². The lowest BCUT2D eigenvalue weighted by Crippen LogP contribution is -2.15. The van der Waals surface area contributed by atoms with Gasteiger partial charge in [0.25, 0.3) is 0 Å². The summed E-state index contributed by atoms with van der Waals surface area (Å²) in [6, 6.07) is 18.1. The maximum Gasteiger partial charge on any atom is 0.233 e. The summed E-state index contributed by atoms with van der Waals surface area (Å²) >= 11 is 0. The molecule has 4 aromatic carbocycles. The zero-order valence-corrected chi connectivity index (χ0v) is 25.0. The summed E-state index contributed by atoms with van der Waals surface area (Å²) in [4.78, 5) is 52.3. The van der Waals surface area contributed by atoms with Crippen molar-refractivity contribution < 1.29 is 47.6 Å². The van der Waals surface area contributed by atoms with Crippen molar-refractivity contribution in [1.82, 2.24) is 0 Å². The minimum atomic E-state index is -0.747. The molecule has 0 atom stereocenters. The molecule has 0 aliphatic carbocycles. The third-order valence-corrected chi connectivity index (χ3v) is 6.92. The monoisotopic (exact) mass is 598 g/mol. The fourth-order valence-electron chi connectivity index (χ4n) is 4.59. The molecule has 0 amide bonds. The van der Waals surface area contributed by atoms with Crippen LogP contribution in [0.15, 0.2) is 72.8 Å². The molecule has 0 saturated heterocycles. The van der Waals surface area contributed by atoms with Crippen LogP contribution >= 0.6 is 0 Å². The van der Waals surface area contributed by atoms with Crippen LogP contribution in [-0.4, -0.2) is 65.8 Å². The summed E-state index contributed by atoms with van der Waals surface area (Å²) in [6.45, 7) is 0. The minimum absolute atomic E-state index is 0.108. The fourth-order valence-corrected chi connectivity index (χ4v) is 4.59. The van der Waals surface area contributed by atoms with Crippen LogP contribution < -0.4 is 28.4 Å². The van der Waals surface area contributed by atoms with Crippen LogP contribution in [0, 0.1) is 0 Å². The second kappa shape index (κ2) is 13.6. The Kier molecular flexibility index (Phi) is 9.64. The summed E-state index contributed by atoms with van der Waals surface area (Å²) in [6.07, 6.45) is 0. The van der Waals surface area contributed by atoms with Gasteiger partial charge in [0.1, 0.15) is 11.5 Å². The number of Topliss-reactive ketones (excluding diaryl/α,β-unsaturated/α-hetero) is 4. The molecular weight excluding hydrogens is 568 g/mol. The molecule has 0 spiro atoms. The summed E-state index contributed by atoms with van der Waals surface area (Å²) in [5.74, 6) is -0.904. The molecule has 10 heteroatoms. The Bertz CT molecular complexity index is 1630. The van der Waals surface area contributed by atoms with Gasteiger partial charge in [-0.25, -0.2) is 0 Å². The van der Waals surface area contributed by atoms with Crippen LogP contribution in [0.3, 0.4) is 0 Å². The van der Waals surface area contributed by atoms with Gasteiger partial charge in [-0.2, -0.15) is 0 Å². The Morgan fingerprint density at radius 1 is 0.341 bits per heavy atom. The van der Waals surface area contributed by atoms with E-state index in [1.807, 2.05) is 0 Å². The molecule has 0 aliphatic rings. The number of carbonyl (C=O) groups is 4. The van der Waals surface area contributed by atoms with Crippen molar-refractivity contribution in [2.24, 2.45) is 0 Å². The van der Waals surface area contributed by atoms with Gasteiger partial charge in [-0.3, -0.25) is 19.2 Å². The lowest BCUT2D eigenvalue weighted by atomic mass is 9.95. The van der Waals surface area contributed by atoms with Gasteiger partial charge in [0.15, 0.2) is 23.0 Å². The number of methoxy groups -OCH3 is 6. The quantitative estimate of drug-likeness (QED) is 0.143. The van der Waals surface area contributed by atoms with Gasteiger partial charge in [0.2, 0.25) is 23.1 Å². The molecule has 0 saturated carbocycles. The van der Waals surface area contributed by atoms with E-state index in [9.17, 15) is 19.2 Å². The standard InChI is InChI=1S/C34H30O10/c1-39-25-13-9-21(17-29(25)43-5)33(37)31(35)19-7-11-23(27(15-19)41-3)24-12-8-20(16-28(24)42-4)32(36)34(38)22-10-14-26(40-2)30(18-22)44-6/h7-18H,1-6H3. The van der Waals surface area contributed by atoms with Gasteiger partial charge >= 0.3 is 0 Å². The second-order valence-electron chi connectivity index (χ2n) is 9.29. The number of hydrogen-bond acceptors (Lipinski definition) is 10. The van der Waals surface area contributed by atoms with Crippen molar-refractivity contribution in [2.75, 3.05) is 42.7 Å². The molecule has 0 fully saturated rings. The second-order valence-corrected chi connectivity index (χ2v) is 9.29. The van der Waals surface area contributed by atoms with E-state index in [-0.39, 0.29) is 33.8 Å². The number of hydrogen-bond donors (Lipinski definition) is 0. The van der Waals surface area contributed by atoms with Crippen molar-refractivity contribution in [2.45, 2.75) is 0 Å². The molecule has 0 radical (unpaired) electrons. The molecule has 44 heavy (non-hydrogen) atoms. The molecule has 0 N–H and O–H groups in total. The summed E-state index contributed by atoms with van der Waals surface area (Å²) in [7, 11) is 8.66. The van der Waals surface area contributed by atoms with Crippen LogP contribution in [0.5, 0.6) is 34.5 Å². The largest absolute Gasteiger partial charge is 0.496 e. The van der Waals surface area contributed by atoms with Crippen molar-refractivity contribution >= 4 is 23.1 Å². The van der Waals surface area contributed by atoms with E-state index in [1.54, 1.807) is 24.3 Å². The maximum absolute atomic E-state index is 13.1. The molecule has 0 bridgehead atoms. The van der Waals surface area contributed by atoms with E-state index in [0.717, 1.165) is 0 Å². The van der Waals surface area contributed by atoms with Crippen LogP contribution in [0.4, 0.5) is 0 Å². The highest BCUT2D eigenvalue weighted by Crippen LogP contribution is 2.38. The Balaban J connectivity index is 1.63. The van der Waals surface area contributed by atoms with Crippen LogP contribution in [0.25, 0.3) is 11.1 Å². The molecule has 226 valence electrons. The van der Waals surface area contributed by atoms with Gasteiger partial charge in [0.05, 0.1) is 42.7 Å². The number of carbonyl (C=O) groups excluding carboxylic acids is 4. The highest BCUT2D eigenvalue weighted by molar-refractivity contribution is 6.50. The van der Waals surface area contributed by atoms with E-state index >= 15 is 0 Å². The highest BCUT2D eigenvalue weighted by Gasteiger charge is 2.24. The Morgan fingerprint density at radius 2 is 0.591 bits per heavy atom. The van der Waals surface area contributed by atoms with Gasteiger partial charge in [0, 0.05) is 33.4 Å². The predicted octanol–water partition coefficient (Wildman–Crippen LogP) is 5.54. The molecule has 10 nitrogen and oxygen atoms in total. The summed E-state index contributed by atoms with van der Waals surface area (Å²) in [5, 5.41) is 0. The smallest absolute Gasteiger partial charge is 0.233 e. The third kappa shape index (κ3) is 6.10. The average molecular weight is 599 g/mol. The van der Waals surface area contributed by atoms with E-state index in [1.165, 1.54) is 91.2 Å². The Hall–Kier alpha value is -5.64. The topological polar surface area (TPSA) is 124 Å². The minimum Gasteiger partial charge on any atom is -0.496 e. The zero-order chi connectivity index (χ0) is 32.0. The Morgan fingerprint density at radius 3 is 0.864 bits per heavy atom. The zero-order valence-electron chi connectivity index (χ0n) is 25.0. The third-order valence-electron chi connectivity index (χ3n) is 6.92. The molecule has 4 rings (SSSR count). The highest BCUT2D eigenvalue weighted by atomic mass is 16.5. The van der Waals surface area contributed by atoms with Crippen LogP contribution in [0.2, 0.25) is 0 Å². The average Bonchev–Trinajstić information content (AvgIpc) is 3.08. The SMILES string of the molecule is COc1ccc(C(=O)C(=O)c2ccc(-c3ccc(C(=O)C(=O)c4ccc(OC)c(OC)c4)cc3OC)c(OC)c2)cc1OC. The molecule has 0 aliphatic heterocycles. The summed E-state index contributed by atoms with van der Waals surface area (Å²) in [5.41, 5.74) is 1.56. The lowest BCUT2D eigenvalue weighted by molar-refractivity contribution is 0.0816. The van der Waals surface area contributed by atoms with Gasteiger partial charge < -0.3 is 28.4 Å². The number of ether oxygens (including phenoxy) is 6. The number of ketones is 4. The normalized spacial score (nSPS) is 10.4. The predicted molar refractivity (Wildman–Crippen MR) is 161 cm³/mol. The van der Waals surface area contributed by atoms with Crippen LogP contribution in [0.1, 0.15) is 41.4 Å². The van der Waals surface area contributed by atoms with E-state index < -0.39 is 23.1 Å². The van der Waals surface area contributed by atoms with Crippen LogP contribution in [-0.2, 0) is 0 Å². The van der Waals surface area contributed by atoms with E-state index in [0.29, 0.717) is 34.1 Å². The maximum atomic E-state index is 13.1. The lowest BCUT2D eigenvalue weighted by Gasteiger charge is -2.15. The molecule has 0 heterocycles. The molecule has 0 aromatic heterocycles. The van der Waals surface area contributed by atoms with E-state index in [2.05, 4.69) is 0 Å². The number of benzene rings is 4. The first kappa shape index (κ1) is 31.3. The van der Waals surface area contributed by atoms with Crippen molar-refractivity contribution in [3.63, 3.8) is 0 Å². The van der Waals surface area contributed by atoms with Gasteiger partial charge in [-0.15, -0.1) is 0 Å². The summed E-state index contributed by atoms with van der Waals surface area (Å²) < 4.78 is 32.0.